The van der Waals surface area contributed by atoms with E-state index in [9.17, 15) is 4.79 Å². The van der Waals surface area contributed by atoms with Crippen LogP contribution in [0.5, 0.6) is 0 Å². The molecule has 1 amide bonds. The lowest BCUT2D eigenvalue weighted by Crippen LogP contribution is -2.41. The molecule has 2 N–H and O–H groups in total. The SMILES string of the molecule is Cl.Cl.O=C(CC1CSCCN1)NCc1ccccc1CN1CCOCC1. The predicted octanol–water partition coefficient (Wildman–Crippen LogP) is 2.07. The van der Waals surface area contributed by atoms with Crippen molar-refractivity contribution < 1.29 is 9.53 Å². The number of ether oxygens (including phenoxy) is 1. The Morgan fingerprint density at radius 3 is 2.65 bits per heavy atom. The molecule has 26 heavy (non-hydrogen) atoms. The normalized spacial score (nSPS) is 20.5. The highest BCUT2D eigenvalue weighted by atomic mass is 35.5. The first-order chi connectivity index (χ1) is 11.8. The van der Waals surface area contributed by atoms with Gasteiger partial charge in [0.25, 0.3) is 0 Å². The molecule has 3 rings (SSSR count). The fourth-order valence-corrected chi connectivity index (χ4v) is 4.07. The highest BCUT2D eigenvalue weighted by Gasteiger charge is 2.17. The van der Waals surface area contributed by atoms with Crippen molar-refractivity contribution in [1.82, 2.24) is 15.5 Å². The molecule has 148 valence electrons. The second-order valence-corrected chi connectivity index (χ2v) is 7.51. The van der Waals surface area contributed by atoms with Gasteiger partial charge in [-0.05, 0) is 11.1 Å². The first kappa shape index (κ1) is 23.5. The Labute approximate surface area is 172 Å². The molecule has 0 saturated carbocycles. The molecule has 2 fully saturated rings. The number of carbonyl (C=O) groups is 1. The van der Waals surface area contributed by atoms with Gasteiger partial charge in [-0.1, -0.05) is 24.3 Å². The molecular weight excluding hydrogens is 393 g/mol. The molecule has 1 aromatic rings. The number of carbonyl (C=O) groups excluding carboxylic acids is 1. The lowest BCUT2D eigenvalue weighted by molar-refractivity contribution is -0.121. The Kier molecular flexibility index (Phi) is 11.6. The summed E-state index contributed by atoms with van der Waals surface area (Å²) in [6.45, 7) is 6.12. The smallest absolute Gasteiger partial charge is 0.221 e. The Bertz CT molecular complexity index is 539. The van der Waals surface area contributed by atoms with Crippen molar-refractivity contribution >= 4 is 42.5 Å². The fourth-order valence-electron chi connectivity index (χ4n) is 3.12. The maximum atomic E-state index is 12.2. The first-order valence-electron chi connectivity index (χ1n) is 8.76. The number of nitrogens with one attached hydrogen (secondary N) is 2. The Morgan fingerprint density at radius 2 is 1.96 bits per heavy atom. The molecule has 2 aliphatic heterocycles. The molecule has 2 saturated heterocycles. The van der Waals surface area contributed by atoms with Crippen LogP contribution in [0.3, 0.4) is 0 Å². The second kappa shape index (κ2) is 12.8. The van der Waals surface area contributed by atoms with Gasteiger partial charge >= 0.3 is 0 Å². The Hall–Kier alpha value is -0.500. The van der Waals surface area contributed by atoms with Gasteiger partial charge in [0, 0.05) is 56.7 Å². The van der Waals surface area contributed by atoms with Crippen LogP contribution in [0.1, 0.15) is 17.5 Å². The van der Waals surface area contributed by atoms with E-state index in [2.05, 4.69) is 33.7 Å². The summed E-state index contributed by atoms with van der Waals surface area (Å²) in [6.07, 6.45) is 0.568. The van der Waals surface area contributed by atoms with Crippen LogP contribution in [0.2, 0.25) is 0 Å². The number of morpholine rings is 1. The van der Waals surface area contributed by atoms with Gasteiger partial charge in [0.1, 0.15) is 0 Å². The van der Waals surface area contributed by atoms with Gasteiger partial charge in [-0.2, -0.15) is 11.8 Å². The molecule has 0 aromatic heterocycles. The van der Waals surface area contributed by atoms with Gasteiger partial charge in [-0.25, -0.2) is 0 Å². The van der Waals surface area contributed by atoms with E-state index in [0.717, 1.165) is 50.9 Å². The maximum Gasteiger partial charge on any atom is 0.221 e. The summed E-state index contributed by atoms with van der Waals surface area (Å²) in [5.74, 6) is 2.31. The summed E-state index contributed by atoms with van der Waals surface area (Å²) in [6, 6.07) is 8.71. The van der Waals surface area contributed by atoms with Gasteiger partial charge < -0.3 is 15.4 Å². The van der Waals surface area contributed by atoms with Gasteiger partial charge in [0.2, 0.25) is 5.91 Å². The standard InChI is InChI=1S/C18H27N3O2S.2ClH/c22-18(11-17-14-24-10-5-19-17)20-12-15-3-1-2-4-16(15)13-21-6-8-23-9-7-21;;/h1-4,17,19H,5-14H2,(H,20,22);2*1H. The topological polar surface area (TPSA) is 53.6 Å². The number of rotatable bonds is 6. The number of benzene rings is 1. The van der Waals surface area contributed by atoms with Crippen LogP contribution in [0.4, 0.5) is 0 Å². The van der Waals surface area contributed by atoms with E-state index < -0.39 is 0 Å². The monoisotopic (exact) mass is 421 g/mol. The summed E-state index contributed by atoms with van der Waals surface area (Å²) in [4.78, 5) is 14.6. The summed E-state index contributed by atoms with van der Waals surface area (Å²) in [5.41, 5.74) is 2.51. The predicted molar refractivity (Wildman–Crippen MR) is 113 cm³/mol. The number of hydrogen-bond donors (Lipinski definition) is 2. The molecule has 2 aliphatic rings. The molecular formula is C18H29Cl2N3O2S. The molecule has 0 bridgehead atoms. The zero-order valence-electron chi connectivity index (χ0n) is 14.9. The molecule has 1 aromatic carbocycles. The van der Waals surface area contributed by atoms with Crippen molar-refractivity contribution in [3.63, 3.8) is 0 Å². The van der Waals surface area contributed by atoms with Crippen LogP contribution >= 0.6 is 36.6 Å². The minimum Gasteiger partial charge on any atom is -0.379 e. The van der Waals surface area contributed by atoms with E-state index in [1.54, 1.807) is 0 Å². The van der Waals surface area contributed by atoms with Crippen LogP contribution in [-0.2, 0) is 22.6 Å². The van der Waals surface area contributed by atoms with Crippen molar-refractivity contribution in [1.29, 1.82) is 0 Å². The highest BCUT2D eigenvalue weighted by Crippen LogP contribution is 2.14. The molecule has 1 unspecified atom stereocenters. The van der Waals surface area contributed by atoms with E-state index in [1.165, 1.54) is 11.1 Å². The number of halogens is 2. The first-order valence-corrected chi connectivity index (χ1v) is 9.91. The zero-order valence-corrected chi connectivity index (χ0v) is 17.4. The van der Waals surface area contributed by atoms with E-state index >= 15 is 0 Å². The summed E-state index contributed by atoms with van der Waals surface area (Å²) in [5, 5.41) is 6.51. The minimum atomic E-state index is 0. The molecule has 0 spiro atoms. The quantitative estimate of drug-likeness (QED) is 0.735. The highest BCUT2D eigenvalue weighted by molar-refractivity contribution is 7.99. The van der Waals surface area contributed by atoms with E-state index in [-0.39, 0.29) is 30.7 Å². The van der Waals surface area contributed by atoms with Crippen molar-refractivity contribution in [2.24, 2.45) is 0 Å². The lowest BCUT2D eigenvalue weighted by Gasteiger charge is -2.27. The number of thioether (sulfide) groups is 1. The summed E-state index contributed by atoms with van der Waals surface area (Å²) >= 11 is 1.92. The number of hydrogen-bond acceptors (Lipinski definition) is 5. The lowest BCUT2D eigenvalue weighted by atomic mass is 10.1. The van der Waals surface area contributed by atoms with E-state index in [0.29, 0.717) is 19.0 Å². The third kappa shape index (κ3) is 7.62. The molecule has 1 atom stereocenters. The van der Waals surface area contributed by atoms with Crippen molar-refractivity contribution in [2.45, 2.75) is 25.6 Å². The van der Waals surface area contributed by atoms with E-state index in [4.69, 9.17) is 4.74 Å². The number of amides is 1. The average Bonchev–Trinajstić information content (AvgIpc) is 2.63. The third-order valence-electron chi connectivity index (χ3n) is 4.52. The van der Waals surface area contributed by atoms with Crippen LogP contribution < -0.4 is 10.6 Å². The fraction of sp³-hybridized carbons (Fsp3) is 0.611. The maximum absolute atomic E-state index is 12.2. The van der Waals surface area contributed by atoms with Crippen molar-refractivity contribution in [2.75, 3.05) is 44.4 Å². The second-order valence-electron chi connectivity index (χ2n) is 6.36. The largest absolute Gasteiger partial charge is 0.379 e. The summed E-state index contributed by atoms with van der Waals surface area (Å²) < 4.78 is 5.41. The molecule has 0 radical (unpaired) electrons. The van der Waals surface area contributed by atoms with Crippen LogP contribution in [-0.4, -0.2) is 61.2 Å². The van der Waals surface area contributed by atoms with Crippen molar-refractivity contribution in [3.05, 3.63) is 35.4 Å². The van der Waals surface area contributed by atoms with Crippen LogP contribution in [0.15, 0.2) is 24.3 Å². The van der Waals surface area contributed by atoms with Gasteiger partial charge in [-0.15, -0.1) is 24.8 Å². The Balaban J connectivity index is 0.00000169. The van der Waals surface area contributed by atoms with E-state index in [1.807, 2.05) is 17.8 Å². The molecule has 0 aliphatic carbocycles. The van der Waals surface area contributed by atoms with Crippen molar-refractivity contribution in [3.8, 4) is 0 Å². The van der Waals surface area contributed by atoms with Crippen LogP contribution in [0, 0.1) is 0 Å². The van der Waals surface area contributed by atoms with Gasteiger partial charge in [0.15, 0.2) is 0 Å². The van der Waals surface area contributed by atoms with Gasteiger partial charge in [-0.3, -0.25) is 9.69 Å². The Morgan fingerprint density at radius 1 is 1.23 bits per heavy atom. The molecule has 2 heterocycles. The van der Waals surface area contributed by atoms with Gasteiger partial charge in [0.05, 0.1) is 13.2 Å². The molecule has 5 nitrogen and oxygen atoms in total. The molecule has 8 heteroatoms. The third-order valence-corrected chi connectivity index (χ3v) is 5.65. The zero-order chi connectivity index (χ0) is 16.6. The number of nitrogens with zero attached hydrogens (tertiary/aromatic N) is 1. The average molecular weight is 422 g/mol. The van der Waals surface area contributed by atoms with Crippen LogP contribution in [0.25, 0.3) is 0 Å². The minimum absolute atomic E-state index is 0. The summed E-state index contributed by atoms with van der Waals surface area (Å²) in [7, 11) is 0.